The minimum Gasteiger partial charge on any atom is -0.469 e. The summed E-state index contributed by atoms with van der Waals surface area (Å²) in [5, 5.41) is 0. The van der Waals surface area contributed by atoms with Gasteiger partial charge in [-0.15, -0.1) is 0 Å². The maximum absolute atomic E-state index is 12.2. The first-order chi connectivity index (χ1) is 12.3. The monoisotopic (exact) mass is 358 g/mol. The Morgan fingerprint density at radius 1 is 1.12 bits per heavy atom. The SMILES string of the molecule is COC(=O)[C@@H](C)C1CC[C@H]2[C@@H]3CCC4=CC(=O)CC[C@]4(C)[C@H]3CC[C@]12C. The molecule has 4 aliphatic carbocycles. The fourth-order valence-electron chi connectivity index (χ4n) is 7.77. The molecule has 3 fully saturated rings. The van der Waals surface area contributed by atoms with Crippen molar-refractivity contribution < 1.29 is 14.3 Å². The highest BCUT2D eigenvalue weighted by Gasteiger charge is 2.60. The largest absolute Gasteiger partial charge is 0.469 e. The highest BCUT2D eigenvalue weighted by atomic mass is 16.5. The van der Waals surface area contributed by atoms with E-state index in [9.17, 15) is 9.59 Å². The maximum atomic E-state index is 12.2. The highest BCUT2D eigenvalue weighted by molar-refractivity contribution is 5.91. The van der Waals surface area contributed by atoms with Gasteiger partial charge in [0.25, 0.3) is 0 Å². The van der Waals surface area contributed by atoms with Gasteiger partial charge < -0.3 is 4.74 Å². The number of rotatable bonds is 2. The van der Waals surface area contributed by atoms with E-state index in [1.807, 2.05) is 6.08 Å². The van der Waals surface area contributed by atoms with Crippen LogP contribution in [0.15, 0.2) is 11.6 Å². The van der Waals surface area contributed by atoms with Crippen molar-refractivity contribution in [2.24, 2.45) is 40.4 Å². The van der Waals surface area contributed by atoms with E-state index in [1.54, 1.807) is 0 Å². The summed E-state index contributed by atoms with van der Waals surface area (Å²) < 4.78 is 5.07. The predicted octanol–water partition coefficient (Wildman–Crippen LogP) is 4.94. The molecule has 4 aliphatic rings. The van der Waals surface area contributed by atoms with E-state index in [4.69, 9.17) is 4.74 Å². The molecule has 7 atom stereocenters. The average Bonchev–Trinajstić information content (AvgIpc) is 2.98. The van der Waals surface area contributed by atoms with Gasteiger partial charge in [-0.3, -0.25) is 9.59 Å². The molecular weight excluding hydrogens is 324 g/mol. The summed E-state index contributed by atoms with van der Waals surface area (Å²) >= 11 is 0. The Morgan fingerprint density at radius 2 is 1.88 bits per heavy atom. The van der Waals surface area contributed by atoms with Crippen LogP contribution in [0, 0.1) is 40.4 Å². The molecule has 0 spiro atoms. The van der Waals surface area contributed by atoms with E-state index in [1.165, 1.54) is 44.8 Å². The van der Waals surface area contributed by atoms with Gasteiger partial charge in [-0.2, -0.15) is 0 Å². The zero-order chi connectivity index (χ0) is 18.7. The molecule has 0 amide bonds. The summed E-state index contributed by atoms with van der Waals surface area (Å²) in [5.74, 6) is 2.98. The molecule has 0 bridgehead atoms. The third kappa shape index (κ3) is 2.45. The van der Waals surface area contributed by atoms with Crippen LogP contribution >= 0.6 is 0 Å². The van der Waals surface area contributed by atoms with E-state index in [-0.39, 0.29) is 22.7 Å². The Kier molecular flexibility index (Phi) is 4.36. The van der Waals surface area contributed by atoms with Crippen LogP contribution in [-0.2, 0) is 14.3 Å². The normalized spacial score (nSPS) is 45.8. The lowest BCUT2D eigenvalue weighted by Crippen LogP contribution is -2.51. The zero-order valence-electron chi connectivity index (χ0n) is 16.8. The first kappa shape index (κ1) is 18.3. The van der Waals surface area contributed by atoms with Gasteiger partial charge in [0.1, 0.15) is 0 Å². The van der Waals surface area contributed by atoms with Crippen molar-refractivity contribution in [1.29, 1.82) is 0 Å². The third-order valence-electron chi connectivity index (χ3n) is 9.21. The molecule has 0 radical (unpaired) electrons. The summed E-state index contributed by atoms with van der Waals surface area (Å²) in [7, 11) is 1.52. The molecule has 0 aromatic carbocycles. The molecule has 3 nitrogen and oxygen atoms in total. The van der Waals surface area contributed by atoms with Gasteiger partial charge in [-0.05, 0) is 85.5 Å². The number of hydrogen-bond donors (Lipinski definition) is 0. The summed E-state index contributed by atoms with van der Waals surface area (Å²) in [6.07, 6.45) is 11.0. The molecule has 4 rings (SSSR count). The van der Waals surface area contributed by atoms with Crippen molar-refractivity contribution in [3.05, 3.63) is 11.6 Å². The summed E-state index contributed by atoms with van der Waals surface area (Å²) in [4.78, 5) is 24.2. The lowest BCUT2D eigenvalue weighted by Gasteiger charge is -2.58. The van der Waals surface area contributed by atoms with Crippen molar-refractivity contribution in [1.82, 2.24) is 0 Å². The third-order valence-corrected chi connectivity index (χ3v) is 9.21. The molecule has 0 aromatic heterocycles. The molecule has 26 heavy (non-hydrogen) atoms. The Hall–Kier alpha value is -1.12. The predicted molar refractivity (Wildman–Crippen MR) is 101 cm³/mol. The van der Waals surface area contributed by atoms with Gasteiger partial charge >= 0.3 is 5.97 Å². The molecule has 0 heterocycles. The van der Waals surface area contributed by atoms with Gasteiger partial charge in [0.05, 0.1) is 13.0 Å². The molecule has 0 aliphatic heterocycles. The lowest BCUT2D eigenvalue weighted by atomic mass is 9.46. The van der Waals surface area contributed by atoms with Crippen LogP contribution in [0.1, 0.15) is 72.1 Å². The van der Waals surface area contributed by atoms with E-state index >= 15 is 0 Å². The van der Waals surface area contributed by atoms with Crippen molar-refractivity contribution >= 4 is 11.8 Å². The molecule has 3 heteroatoms. The second-order valence-corrected chi connectivity index (χ2v) is 10.0. The van der Waals surface area contributed by atoms with Gasteiger partial charge in [-0.25, -0.2) is 0 Å². The number of allylic oxidation sites excluding steroid dienone is 1. The first-order valence-electron chi connectivity index (χ1n) is 10.6. The molecular formula is C23H34O3. The highest BCUT2D eigenvalue weighted by Crippen LogP contribution is 2.67. The first-order valence-corrected chi connectivity index (χ1v) is 10.6. The molecule has 3 saturated carbocycles. The van der Waals surface area contributed by atoms with Crippen LogP contribution in [0.3, 0.4) is 0 Å². The Balaban J connectivity index is 1.61. The van der Waals surface area contributed by atoms with Crippen LogP contribution in [0.4, 0.5) is 0 Å². The number of esters is 1. The Labute approximate surface area is 157 Å². The number of methoxy groups -OCH3 is 1. The number of hydrogen-bond acceptors (Lipinski definition) is 3. The van der Waals surface area contributed by atoms with Crippen molar-refractivity contribution in [3.8, 4) is 0 Å². The molecule has 0 aromatic rings. The topological polar surface area (TPSA) is 43.4 Å². The van der Waals surface area contributed by atoms with Gasteiger partial charge in [0.2, 0.25) is 0 Å². The van der Waals surface area contributed by atoms with Crippen LogP contribution in [0.25, 0.3) is 0 Å². The standard InChI is InChI=1S/C23H34O3/c1-14(21(25)26-4)18-7-8-19-17-6-5-15-13-16(24)9-11-22(15,2)20(17)10-12-23(18,19)3/h13-14,17-20H,5-12H2,1-4H3/t14-,17-,18?,19-,20-,22-,23+/m0/s1. The van der Waals surface area contributed by atoms with Gasteiger partial charge in [0.15, 0.2) is 5.78 Å². The average molecular weight is 359 g/mol. The summed E-state index contributed by atoms with van der Waals surface area (Å²) in [6.45, 7) is 6.98. The van der Waals surface area contributed by atoms with Crippen molar-refractivity contribution in [2.75, 3.05) is 7.11 Å². The van der Waals surface area contributed by atoms with E-state index in [0.29, 0.717) is 11.7 Å². The van der Waals surface area contributed by atoms with Crippen molar-refractivity contribution in [3.63, 3.8) is 0 Å². The lowest BCUT2D eigenvalue weighted by molar-refractivity contribution is -0.150. The fraction of sp³-hybridized carbons (Fsp3) is 0.826. The van der Waals surface area contributed by atoms with Crippen molar-refractivity contribution in [2.45, 2.75) is 72.1 Å². The number of fused-ring (bicyclic) bond motifs is 5. The number of ether oxygens (including phenoxy) is 1. The van der Waals surface area contributed by atoms with Crippen LogP contribution in [0.2, 0.25) is 0 Å². The van der Waals surface area contributed by atoms with E-state index < -0.39 is 0 Å². The molecule has 0 N–H and O–H groups in total. The smallest absolute Gasteiger partial charge is 0.308 e. The van der Waals surface area contributed by atoms with Crippen LogP contribution < -0.4 is 0 Å². The molecule has 144 valence electrons. The van der Waals surface area contributed by atoms with Gasteiger partial charge in [-0.1, -0.05) is 26.3 Å². The quantitative estimate of drug-likeness (QED) is 0.656. The van der Waals surface area contributed by atoms with Crippen LogP contribution in [0.5, 0.6) is 0 Å². The number of carbonyl (C=O) groups is 2. The molecule has 0 saturated heterocycles. The molecule has 1 unspecified atom stereocenters. The zero-order valence-corrected chi connectivity index (χ0v) is 16.8. The van der Waals surface area contributed by atoms with E-state index in [2.05, 4.69) is 20.8 Å². The van der Waals surface area contributed by atoms with Crippen LogP contribution in [-0.4, -0.2) is 18.9 Å². The summed E-state index contributed by atoms with van der Waals surface area (Å²) in [6, 6.07) is 0. The second-order valence-electron chi connectivity index (χ2n) is 10.0. The number of carbonyl (C=O) groups excluding carboxylic acids is 2. The minimum absolute atomic E-state index is 0.00786. The number of ketones is 1. The Morgan fingerprint density at radius 3 is 2.62 bits per heavy atom. The maximum Gasteiger partial charge on any atom is 0.308 e. The fourth-order valence-corrected chi connectivity index (χ4v) is 7.77. The second kappa shape index (κ2) is 6.21. The van der Waals surface area contributed by atoms with E-state index in [0.717, 1.165) is 37.0 Å². The summed E-state index contributed by atoms with van der Waals surface area (Å²) in [5.41, 5.74) is 1.96. The minimum atomic E-state index is -0.0365. The Bertz CT molecular complexity index is 650. The van der Waals surface area contributed by atoms with Gasteiger partial charge in [0, 0.05) is 6.42 Å².